The number of Topliss-reactive ketones (excluding diaryl/α,β-unsaturated/α-hetero) is 1. The summed E-state index contributed by atoms with van der Waals surface area (Å²) in [7, 11) is 1.53. The average Bonchev–Trinajstić information content (AvgIpc) is 3.04. The normalized spacial score (nSPS) is 22.2. The smallest absolute Gasteiger partial charge is 0.453 e. The fourth-order valence-electron chi connectivity index (χ4n) is 3.62. The van der Waals surface area contributed by atoms with Gasteiger partial charge in [-0.2, -0.15) is 18.2 Å². The quantitative estimate of drug-likeness (QED) is 0.865. The number of anilines is 1. The Hall–Kier alpha value is -2.84. The van der Waals surface area contributed by atoms with Crippen molar-refractivity contribution < 1.29 is 22.7 Å². The fraction of sp³-hybridized carbons (Fsp3) is 0.389. The number of ether oxygens (including phenoxy) is 1. The number of rotatable bonds is 2. The topological polar surface area (TPSA) is 69.0 Å². The van der Waals surface area contributed by atoms with Crippen molar-refractivity contribution in [3.05, 3.63) is 46.9 Å². The molecule has 0 saturated carbocycles. The summed E-state index contributed by atoms with van der Waals surface area (Å²) < 4.78 is 45.7. The molecule has 9 heteroatoms. The van der Waals surface area contributed by atoms with Gasteiger partial charge in [0, 0.05) is 17.7 Å². The number of benzene rings is 1. The molecule has 0 amide bonds. The molecular formula is C18H17F3N4O2. The highest BCUT2D eigenvalue weighted by atomic mass is 19.4. The van der Waals surface area contributed by atoms with Crippen LogP contribution >= 0.6 is 0 Å². The third kappa shape index (κ3) is 2.96. The first-order valence-electron chi connectivity index (χ1n) is 8.49. The number of allylic oxidation sites excluding steroid dienone is 2. The van der Waals surface area contributed by atoms with Crippen LogP contribution in [-0.4, -0.2) is 27.7 Å². The second-order valence-electron chi connectivity index (χ2n) is 6.83. The maximum atomic E-state index is 13.1. The van der Waals surface area contributed by atoms with E-state index in [-0.39, 0.29) is 17.6 Å². The molecule has 0 bridgehead atoms. The van der Waals surface area contributed by atoms with Crippen LogP contribution in [0.4, 0.5) is 19.1 Å². The number of hydrogen-bond donors (Lipinski definition) is 1. The zero-order valence-electron chi connectivity index (χ0n) is 14.7. The van der Waals surface area contributed by atoms with Crippen molar-refractivity contribution >= 4 is 11.7 Å². The highest BCUT2D eigenvalue weighted by Gasteiger charge is 2.42. The third-order valence-electron chi connectivity index (χ3n) is 4.81. The van der Waals surface area contributed by atoms with Crippen LogP contribution in [0.3, 0.4) is 0 Å². The summed E-state index contributed by atoms with van der Waals surface area (Å²) in [6.07, 6.45) is -3.75. The lowest BCUT2D eigenvalue weighted by Gasteiger charge is -2.34. The molecule has 142 valence electrons. The number of halogens is 3. The van der Waals surface area contributed by atoms with Crippen LogP contribution in [0, 0.1) is 5.92 Å². The molecule has 2 aromatic rings. The highest BCUT2D eigenvalue weighted by Crippen LogP contribution is 2.42. The molecule has 2 heterocycles. The van der Waals surface area contributed by atoms with Crippen molar-refractivity contribution in [3.63, 3.8) is 0 Å². The van der Waals surface area contributed by atoms with Crippen LogP contribution in [0.15, 0.2) is 35.5 Å². The van der Waals surface area contributed by atoms with Crippen molar-refractivity contribution in [2.24, 2.45) is 5.92 Å². The number of nitrogens with zero attached hydrogens (tertiary/aromatic N) is 3. The predicted octanol–water partition coefficient (Wildman–Crippen LogP) is 3.57. The van der Waals surface area contributed by atoms with Crippen LogP contribution in [0.25, 0.3) is 0 Å². The highest BCUT2D eigenvalue weighted by molar-refractivity contribution is 5.99. The Morgan fingerprint density at radius 3 is 2.56 bits per heavy atom. The second kappa shape index (κ2) is 6.11. The van der Waals surface area contributed by atoms with Crippen LogP contribution < -0.4 is 10.1 Å². The minimum absolute atomic E-state index is 0.0104. The molecule has 6 nitrogen and oxygen atoms in total. The maximum Gasteiger partial charge on any atom is 0.453 e. The summed E-state index contributed by atoms with van der Waals surface area (Å²) in [5.74, 6) is -0.614. The summed E-state index contributed by atoms with van der Waals surface area (Å²) in [4.78, 5) is 16.4. The standard InChI is InChI=1S/C18H17F3N4O2/c1-9-7-12-14(13(26)8-9)15(10-3-5-11(27-2)6-4-10)25-17(22-12)23-16(24-25)18(19,20)21/h3-6,9,15H,7-8H2,1-2H3,(H,22,23,24)/t9-,15+/m0/s1. The Morgan fingerprint density at radius 1 is 1.22 bits per heavy atom. The van der Waals surface area contributed by atoms with E-state index in [1.165, 1.54) is 7.11 Å². The van der Waals surface area contributed by atoms with Gasteiger partial charge in [-0.1, -0.05) is 19.1 Å². The van der Waals surface area contributed by atoms with Crippen LogP contribution in [-0.2, 0) is 11.0 Å². The predicted molar refractivity (Wildman–Crippen MR) is 90.2 cm³/mol. The van der Waals surface area contributed by atoms with E-state index in [0.29, 0.717) is 35.4 Å². The number of alkyl halides is 3. The third-order valence-corrected chi connectivity index (χ3v) is 4.81. The van der Waals surface area contributed by atoms with E-state index in [4.69, 9.17) is 4.74 Å². The van der Waals surface area contributed by atoms with Gasteiger partial charge in [0.25, 0.3) is 5.82 Å². The van der Waals surface area contributed by atoms with Crippen LogP contribution in [0.5, 0.6) is 5.75 Å². The molecule has 1 aromatic carbocycles. The monoisotopic (exact) mass is 378 g/mol. The zero-order valence-corrected chi connectivity index (χ0v) is 14.7. The summed E-state index contributed by atoms with van der Waals surface area (Å²) in [5, 5.41) is 6.57. The van der Waals surface area contributed by atoms with Gasteiger partial charge in [0.05, 0.1) is 7.11 Å². The molecule has 1 aliphatic carbocycles. The van der Waals surface area contributed by atoms with Gasteiger partial charge in [-0.25, -0.2) is 4.68 Å². The van der Waals surface area contributed by atoms with E-state index >= 15 is 0 Å². The SMILES string of the molecule is COc1ccc([C@@H]2C3=C(C[C@H](C)CC3=O)Nc3nc(C(F)(F)F)nn32)cc1. The number of carbonyl (C=O) groups excluding carboxylic acids is 1. The lowest BCUT2D eigenvalue weighted by atomic mass is 9.81. The molecule has 4 rings (SSSR count). The molecule has 2 aliphatic rings. The van der Waals surface area contributed by atoms with E-state index in [0.717, 1.165) is 4.68 Å². The Bertz CT molecular complexity index is 931. The average molecular weight is 378 g/mol. The van der Waals surface area contributed by atoms with Gasteiger partial charge < -0.3 is 10.1 Å². The van der Waals surface area contributed by atoms with Crippen LogP contribution in [0.2, 0.25) is 0 Å². The van der Waals surface area contributed by atoms with Gasteiger partial charge in [-0.05, 0) is 30.0 Å². The van der Waals surface area contributed by atoms with Gasteiger partial charge in [-0.15, -0.1) is 5.10 Å². The van der Waals surface area contributed by atoms with E-state index in [1.807, 2.05) is 6.92 Å². The van der Waals surface area contributed by atoms with Crippen LogP contribution in [0.1, 0.15) is 37.2 Å². The molecule has 27 heavy (non-hydrogen) atoms. The molecule has 0 fully saturated rings. The molecule has 1 aromatic heterocycles. The number of methoxy groups -OCH3 is 1. The van der Waals surface area contributed by atoms with E-state index in [9.17, 15) is 18.0 Å². The maximum absolute atomic E-state index is 13.1. The van der Waals surface area contributed by atoms with Crippen molar-refractivity contribution in [1.29, 1.82) is 0 Å². The minimum Gasteiger partial charge on any atom is -0.497 e. The van der Waals surface area contributed by atoms with E-state index in [1.54, 1.807) is 24.3 Å². The summed E-state index contributed by atoms with van der Waals surface area (Å²) >= 11 is 0. The van der Waals surface area contributed by atoms with Crippen molar-refractivity contribution in [3.8, 4) is 5.75 Å². The molecule has 0 radical (unpaired) electrons. The Labute approximate surface area is 153 Å². The van der Waals surface area contributed by atoms with Crippen molar-refractivity contribution in [2.45, 2.75) is 32.0 Å². The van der Waals surface area contributed by atoms with Gasteiger partial charge in [0.2, 0.25) is 5.95 Å². The lowest BCUT2D eigenvalue weighted by molar-refractivity contribution is -0.145. The largest absolute Gasteiger partial charge is 0.497 e. The molecule has 0 spiro atoms. The number of nitrogens with one attached hydrogen (secondary N) is 1. The first-order chi connectivity index (χ1) is 12.8. The van der Waals surface area contributed by atoms with Gasteiger partial charge >= 0.3 is 6.18 Å². The van der Waals surface area contributed by atoms with Crippen molar-refractivity contribution in [2.75, 3.05) is 12.4 Å². The number of ketones is 1. The zero-order chi connectivity index (χ0) is 19.3. The van der Waals surface area contributed by atoms with Gasteiger partial charge in [0.15, 0.2) is 5.78 Å². The first kappa shape index (κ1) is 17.6. The summed E-state index contributed by atoms with van der Waals surface area (Å²) in [5.41, 5.74) is 1.71. The summed E-state index contributed by atoms with van der Waals surface area (Å²) in [6.45, 7) is 1.94. The molecular weight excluding hydrogens is 361 g/mol. The van der Waals surface area contributed by atoms with Gasteiger partial charge in [0.1, 0.15) is 11.8 Å². The molecule has 0 unspecified atom stereocenters. The van der Waals surface area contributed by atoms with E-state index in [2.05, 4.69) is 15.4 Å². The minimum atomic E-state index is -4.67. The molecule has 1 N–H and O–H groups in total. The number of fused-ring (bicyclic) bond motifs is 1. The number of carbonyl (C=O) groups is 1. The number of hydrogen-bond acceptors (Lipinski definition) is 5. The van der Waals surface area contributed by atoms with Crippen molar-refractivity contribution in [1.82, 2.24) is 14.8 Å². The fourth-order valence-corrected chi connectivity index (χ4v) is 3.62. The van der Waals surface area contributed by atoms with Gasteiger partial charge in [-0.3, -0.25) is 4.79 Å². The lowest BCUT2D eigenvalue weighted by Crippen LogP contribution is -2.33. The number of aromatic nitrogens is 3. The first-order valence-corrected chi connectivity index (χ1v) is 8.49. The van der Waals surface area contributed by atoms with E-state index < -0.39 is 18.0 Å². The Morgan fingerprint density at radius 2 is 1.93 bits per heavy atom. The Kier molecular flexibility index (Phi) is 3.97. The molecule has 0 saturated heterocycles. The summed E-state index contributed by atoms with van der Waals surface area (Å²) in [6, 6.07) is 6.10. The molecule has 1 aliphatic heterocycles. The second-order valence-corrected chi connectivity index (χ2v) is 6.83. The Balaban J connectivity index is 1.88. The molecule has 2 atom stereocenters.